The molecule has 0 heterocycles. The lowest BCUT2D eigenvalue weighted by molar-refractivity contribution is -0.137. The van der Waals surface area contributed by atoms with E-state index in [2.05, 4.69) is 10.0 Å². The number of rotatable bonds is 6. The molecule has 0 fully saturated rings. The van der Waals surface area contributed by atoms with Crippen LogP contribution in [-0.4, -0.2) is 14.3 Å². The van der Waals surface area contributed by atoms with E-state index in [1.807, 2.05) is 0 Å². The van der Waals surface area contributed by atoms with Gasteiger partial charge in [0.15, 0.2) is 0 Å². The van der Waals surface area contributed by atoms with E-state index in [1.54, 1.807) is 25.1 Å². The summed E-state index contributed by atoms with van der Waals surface area (Å²) in [6, 6.07) is 17.7. The number of carbonyl (C=O) groups excluding carboxylic acids is 1. The molecular weight excluding hydrogens is 429 g/mol. The van der Waals surface area contributed by atoms with Crippen LogP contribution in [0.2, 0.25) is 0 Å². The molecule has 0 aliphatic rings. The first kappa shape index (κ1) is 22.4. The van der Waals surface area contributed by atoms with Crippen molar-refractivity contribution >= 4 is 21.6 Å². The van der Waals surface area contributed by atoms with Crippen molar-refractivity contribution in [2.45, 2.75) is 24.0 Å². The average Bonchev–Trinajstić information content (AvgIpc) is 2.74. The van der Waals surface area contributed by atoms with Gasteiger partial charge in [0, 0.05) is 11.3 Å². The number of sulfonamides is 1. The third-order valence-corrected chi connectivity index (χ3v) is 5.94. The molecule has 0 aliphatic carbocycles. The van der Waals surface area contributed by atoms with Gasteiger partial charge in [-0.2, -0.15) is 13.2 Å². The topological polar surface area (TPSA) is 75.3 Å². The minimum absolute atomic E-state index is 0.113. The molecule has 5 nitrogen and oxygen atoms in total. The standard InChI is InChI=1S/C22H19F3N2O3S/c1-15(16-7-11-18(12-8-16)22(23,24)25)26-21(28)17-9-13-19(14-10-17)27-31(29,30)20-5-3-2-4-6-20/h2-15,27H,1H3,(H,26,28). The molecule has 0 radical (unpaired) electrons. The van der Waals surface area contributed by atoms with Crippen LogP contribution < -0.4 is 10.0 Å². The van der Waals surface area contributed by atoms with Crippen molar-refractivity contribution in [1.29, 1.82) is 0 Å². The van der Waals surface area contributed by atoms with Gasteiger partial charge in [0.25, 0.3) is 15.9 Å². The minimum atomic E-state index is -4.42. The van der Waals surface area contributed by atoms with Gasteiger partial charge >= 0.3 is 6.18 Å². The molecule has 0 saturated carbocycles. The van der Waals surface area contributed by atoms with Crippen molar-refractivity contribution in [3.8, 4) is 0 Å². The number of hydrogen-bond acceptors (Lipinski definition) is 3. The fraction of sp³-hybridized carbons (Fsp3) is 0.136. The maximum absolute atomic E-state index is 12.7. The molecule has 9 heteroatoms. The predicted octanol–water partition coefficient (Wildman–Crippen LogP) is 5.00. The van der Waals surface area contributed by atoms with Crippen LogP contribution >= 0.6 is 0 Å². The summed E-state index contributed by atoms with van der Waals surface area (Å²) in [5, 5.41) is 2.71. The lowest BCUT2D eigenvalue weighted by atomic mass is 10.1. The Hall–Kier alpha value is -3.33. The zero-order valence-electron chi connectivity index (χ0n) is 16.3. The van der Waals surface area contributed by atoms with E-state index < -0.39 is 33.7 Å². The lowest BCUT2D eigenvalue weighted by Gasteiger charge is -2.16. The molecule has 0 bridgehead atoms. The Balaban J connectivity index is 1.65. The second-order valence-electron chi connectivity index (χ2n) is 6.81. The average molecular weight is 448 g/mol. The van der Waals surface area contributed by atoms with E-state index in [9.17, 15) is 26.4 Å². The summed E-state index contributed by atoms with van der Waals surface area (Å²) in [6.45, 7) is 1.66. The van der Waals surface area contributed by atoms with Crippen molar-refractivity contribution in [3.05, 3.63) is 95.6 Å². The summed E-state index contributed by atoms with van der Waals surface area (Å²) in [6.07, 6.45) is -4.42. The Morgan fingerprint density at radius 2 is 1.45 bits per heavy atom. The lowest BCUT2D eigenvalue weighted by Crippen LogP contribution is -2.26. The zero-order valence-corrected chi connectivity index (χ0v) is 17.2. The first-order valence-corrected chi connectivity index (χ1v) is 10.7. The van der Waals surface area contributed by atoms with Crippen LogP contribution in [0, 0.1) is 0 Å². The normalized spacial score (nSPS) is 12.8. The number of carbonyl (C=O) groups is 1. The second kappa shape index (κ2) is 8.81. The fourth-order valence-electron chi connectivity index (χ4n) is 2.83. The SMILES string of the molecule is CC(NC(=O)c1ccc(NS(=O)(=O)c2ccccc2)cc1)c1ccc(C(F)(F)F)cc1. The van der Waals surface area contributed by atoms with Crippen LogP contribution in [0.5, 0.6) is 0 Å². The Kier molecular flexibility index (Phi) is 6.35. The molecular formula is C22H19F3N2O3S. The van der Waals surface area contributed by atoms with Gasteiger partial charge in [-0.25, -0.2) is 8.42 Å². The van der Waals surface area contributed by atoms with Crippen LogP contribution in [0.15, 0.2) is 83.8 Å². The third kappa shape index (κ3) is 5.64. The quantitative estimate of drug-likeness (QED) is 0.558. The molecule has 0 spiro atoms. The molecule has 2 N–H and O–H groups in total. The van der Waals surface area contributed by atoms with Crippen LogP contribution in [0.3, 0.4) is 0 Å². The zero-order chi connectivity index (χ0) is 22.6. The summed E-state index contributed by atoms with van der Waals surface area (Å²) in [5.41, 5.74) is 0.328. The van der Waals surface area contributed by atoms with Gasteiger partial charge in [0.05, 0.1) is 16.5 Å². The van der Waals surface area contributed by atoms with E-state index in [0.717, 1.165) is 12.1 Å². The fourth-order valence-corrected chi connectivity index (χ4v) is 3.91. The highest BCUT2D eigenvalue weighted by Crippen LogP contribution is 2.30. The minimum Gasteiger partial charge on any atom is -0.346 e. The Morgan fingerprint density at radius 1 is 0.871 bits per heavy atom. The van der Waals surface area contributed by atoms with Crippen molar-refractivity contribution in [1.82, 2.24) is 5.32 Å². The summed E-state index contributed by atoms with van der Waals surface area (Å²) < 4.78 is 65.1. The summed E-state index contributed by atoms with van der Waals surface area (Å²) in [7, 11) is -3.75. The van der Waals surface area contributed by atoms with Gasteiger partial charge in [-0.05, 0) is 61.0 Å². The van der Waals surface area contributed by atoms with Gasteiger partial charge < -0.3 is 5.32 Å². The number of anilines is 1. The van der Waals surface area contributed by atoms with Crippen molar-refractivity contribution < 1.29 is 26.4 Å². The highest BCUT2D eigenvalue weighted by atomic mass is 32.2. The molecule has 1 unspecified atom stereocenters. The Bertz CT molecular complexity index is 1150. The molecule has 0 aromatic heterocycles. The molecule has 3 aromatic rings. The predicted molar refractivity (Wildman–Crippen MR) is 111 cm³/mol. The number of alkyl halides is 3. The van der Waals surface area contributed by atoms with E-state index in [1.165, 1.54) is 48.5 Å². The molecule has 3 rings (SSSR count). The largest absolute Gasteiger partial charge is 0.416 e. The number of nitrogens with one attached hydrogen (secondary N) is 2. The van der Waals surface area contributed by atoms with E-state index in [0.29, 0.717) is 5.56 Å². The molecule has 31 heavy (non-hydrogen) atoms. The van der Waals surface area contributed by atoms with Crippen molar-refractivity contribution in [2.24, 2.45) is 0 Å². The second-order valence-corrected chi connectivity index (χ2v) is 8.49. The molecule has 3 aromatic carbocycles. The van der Waals surface area contributed by atoms with Crippen LogP contribution in [0.4, 0.5) is 18.9 Å². The van der Waals surface area contributed by atoms with Crippen molar-refractivity contribution in [2.75, 3.05) is 4.72 Å². The maximum atomic E-state index is 12.7. The summed E-state index contributed by atoms with van der Waals surface area (Å²) in [5.74, 6) is -0.440. The molecule has 162 valence electrons. The van der Waals surface area contributed by atoms with Crippen molar-refractivity contribution in [3.63, 3.8) is 0 Å². The number of amides is 1. The number of benzene rings is 3. The molecule has 1 amide bonds. The van der Waals surface area contributed by atoms with Gasteiger partial charge in [-0.15, -0.1) is 0 Å². The van der Waals surface area contributed by atoms with E-state index in [-0.39, 0.29) is 16.1 Å². The van der Waals surface area contributed by atoms with Crippen LogP contribution in [-0.2, 0) is 16.2 Å². The molecule has 0 saturated heterocycles. The Morgan fingerprint density at radius 3 is 2.00 bits per heavy atom. The van der Waals surface area contributed by atoms with Gasteiger partial charge in [0.2, 0.25) is 0 Å². The summed E-state index contributed by atoms with van der Waals surface area (Å²) in [4.78, 5) is 12.6. The molecule has 1 atom stereocenters. The van der Waals surface area contributed by atoms with Crippen LogP contribution in [0.1, 0.15) is 34.5 Å². The first-order chi connectivity index (χ1) is 14.6. The summed E-state index contributed by atoms with van der Waals surface area (Å²) >= 11 is 0. The van der Waals surface area contributed by atoms with E-state index in [4.69, 9.17) is 0 Å². The third-order valence-electron chi connectivity index (χ3n) is 4.54. The smallest absolute Gasteiger partial charge is 0.346 e. The van der Waals surface area contributed by atoms with Gasteiger partial charge in [-0.1, -0.05) is 30.3 Å². The number of hydrogen-bond donors (Lipinski definition) is 2. The highest BCUT2D eigenvalue weighted by Gasteiger charge is 2.30. The van der Waals surface area contributed by atoms with Gasteiger partial charge in [0.1, 0.15) is 0 Å². The number of halogens is 3. The van der Waals surface area contributed by atoms with E-state index >= 15 is 0 Å². The first-order valence-electron chi connectivity index (χ1n) is 9.22. The highest BCUT2D eigenvalue weighted by molar-refractivity contribution is 7.92. The monoisotopic (exact) mass is 448 g/mol. The Labute approximate surface area is 178 Å². The van der Waals surface area contributed by atoms with Crippen LogP contribution in [0.25, 0.3) is 0 Å². The molecule has 0 aliphatic heterocycles. The van der Waals surface area contributed by atoms with Gasteiger partial charge in [-0.3, -0.25) is 9.52 Å². The maximum Gasteiger partial charge on any atom is 0.416 e.